The van der Waals surface area contributed by atoms with Crippen molar-refractivity contribution >= 4 is 34.8 Å². The average molecular weight is 487 g/mol. The summed E-state index contributed by atoms with van der Waals surface area (Å²) in [5, 5.41) is 12.7. The molecule has 0 saturated heterocycles. The molecule has 1 aliphatic heterocycles. The number of amides is 2. The lowest BCUT2D eigenvalue weighted by Crippen LogP contribution is -2.38. The summed E-state index contributed by atoms with van der Waals surface area (Å²) in [6.07, 6.45) is 4.91. The zero-order valence-electron chi connectivity index (χ0n) is 17.9. The first-order chi connectivity index (χ1) is 16.2. The van der Waals surface area contributed by atoms with Crippen LogP contribution in [0.1, 0.15) is 53.2 Å². The summed E-state index contributed by atoms with van der Waals surface area (Å²) in [4.78, 5) is 25.7. The van der Waals surface area contributed by atoms with Gasteiger partial charge in [0.25, 0.3) is 5.91 Å². The van der Waals surface area contributed by atoms with E-state index in [9.17, 15) is 18.4 Å². The maximum Gasteiger partial charge on any atom is 0.487 e. The van der Waals surface area contributed by atoms with Crippen LogP contribution in [-0.4, -0.2) is 27.6 Å². The number of rotatable bonds is 5. The van der Waals surface area contributed by atoms with E-state index >= 15 is 0 Å². The number of halogens is 3. The number of fused-ring (bicyclic) bond motifs is 2. The van der Waals surface area contributed by atoms with Crippen LogP contribution >= 0.6 is 11.6 Å². The highest BCUT2D eigenvalue weighted by atomic mass is 35.5. The molecule has 1 aromatic heterocycles. The molecule has 1 fully saturated rings. The first kappa shape index (κ1) is 22.3. The molecule has 5 rings (SSSR count). The minimum Gasteiger partial charge on any atom is -0.420 e. The molecule has 7 nitrogen and oxygen atoms in total. The van der Waals surface area contributed by atoms with Gasteiger partial charge in [0, 0.05) is 46.3 Å². The Balaban J connectivity index is 1.29. The molecule has 0 unspecified atom stereocenters. The summed E-state index contributed by atoms with van der Waals surface area (Å²) >= 11 is 4.75. The monoisotopic (exact) mass is 486 g/mol. The molecule has 1 aliphatic carbocycles. The summed E-state index contributed by atoms with van der Waals surface area (Å²) in [7, 11) is 0. The quantitative estimate of drug-likeness (QED) is 0.422. The lowest BCUT2D eigenvalue weighted by Gasteiger charge is -2.35. The molecule has 2 aliphatic rings. The minimum absolute atomic E-state index is 0.0326. The van der Waals surface area contributed by atoms with E-state index in [2.05, 4.69) is 25.6 Å². The summed E-state index contributed by atoms with van der Waals surface area (Å²) in [5.74, 6) is -0.208. The van der Waals surface area contributed by atoms with Gasteiger partial charge in [-0.05, 0) is 73.7 Å². The number of ether oxygens (including phenoxy) is 1. The first-order valence-corrected chi connectivity index (χ1v) is 11.2. The predicted molar refractivity (Wildman–Crippen MR) is 122 cm³/mol. The van der Waals surface area contributed by atoms with Gasteiger partial charge in [-0.25, -0.2) is 0 Å². The van der Waals surface area contributed by atoms with Crippen molar-refractivity contribution < 1.29 is 23.1 Å². The van der Waals surface area contributed by atoms with E-state index in [0.29, 0.717) is 22.9 Å². The Morgan fingerprint density at radius 1 is 1.15 bits per heavy atom. The molecule has 2 amide bonds. The van der Waals surface area contributed by atoms with E-state index in [1.807, 2.05) is 12.1 Å². The van der Waals surface area contributed by atoms with E-state index in [4.69, 9.17) is 11.6 Å². The van der Waals surface area contributed by atoms with Crippen LogP contribution in [0.5, 0.6) is 5.75 Å². The number of nitrogens with zero attached hydrogens (tertiary/aromatic N) is 1. The lowest BCUT2D eigenvalue weighted by molar-refractivity contribution is -0.122. The van der Waals surface area contributed by atoms with Gasteiger partial charge in [-0.3, -0.25) is 14.7 Å². The van der Waals surface area contributed by atoms with Gasteiger partial charge >= 0.3 is 5.57 Å². The molecule has 3 N–H and O–H groups in total. The number of benzene rings is 2. The molecule has 1 spiro atoms. The fourth-order valence-electron chi connectivity index (χ4n) is 4.93. The lowest BCUT2D eigenvalue weighted by atomic mass is 9.66. The van der Waals surface area contributed by atoms with Gasteiger partial charge in [0.2, 0.25) is 5.91 Å². The summed E-state index contributed by atoms with van der Waals surface area (Å²) in [6.45, 7) is 0. The Labute approximate surface area is 198 Å². The van der Waals surface area contributed by atoms with Gasteiger partial charge in [-0.1, -0.05) is 6.07 Å². The number of anilines is 2. The highest BCUT2D eigenvalue weighted by Crippen LogP contribution is 2.50. The van der Waals surface area contributed by atoms with E-state index in [1.165, 1.54) is 24.3 Å². The van der Waals surface area contributed by atoms with Crippen molar-refractivity contribution in [2.75, 3.05) is 10.6 Å². The van der Waals surface area contributed by atoms with Crippen molar-refractivity contribution in [3.05, 3.63) is 71.5 Å². The van der Waals surface area contributed by atoms with Crippen molar-refractivity contribution in [1.82, 2.24) is 10.2 Å². The number of carbonyl (C=O) groups is 2. The van der Waals surface area contributed by atoms with Gasteiger partial charge in [0.1, 0.15) is 5.75 Å². The van der Waals surface area contributed by atoms with Crippen LogP contribution in [0.4, 0.5) is 20.2 Å². The molecule has 1 saturated carbocycles. The zero-order valence-corrected chi connectivity index (χ0v) is 18.7. The Hall–Kier alpha value is -3.46. The van der Waals surface area contributed by atoms with Crippen LogP contribution in [0, 0.1) is 0 Å². The Bertz CT molecular complexity index is 1220. The highest BCUT2D eigenvalue weighted by molar-refractivity contribution is 6.20. The van der Waals surface area contributed by atoms with E-state index in [0.717, 1.165) is 36.9 Å². The van der Waals surface area contributed by atoms with Gasteiger partial charge in [0.05, 0.1) is 5.41 Å². The third kappa shape index (κ3) is 4.23. The highest BCUT2D eigenvalue weighted by Gasteiger charge is 2.49. The largest absolute Gasteiger partial charge is 0.487 e. The SMILES string of the molecule is O=C(Nc1ccc(OC(F)(F)Cl)cc1)c1ccc2c(c1)NC(=O)C21CCC(c2ccn[nH]2)CC1. The molecule has 0 atom stereocenters. The van der Waals surface area contributed by atoms with Crippen LogP contribution in [-0.2, 0) is 10.2 Å². The maximum absolute atomic E-state index is 13.0. The minimum atomic E-state index is -3.81. The topological polar surface area (TPSA) is 96.1 Å². The van der Waals surface area contributed by atoms with Crippen LogP contribution in [0.15, 0.2) is 54.7 Å². The van der Waals surface area contributed by atoms with Gasteiger partial charge in [0.15, 0.2) is 0 Å². The summed E-state index contributed by atoms with van der Waals surface area (Å²) in [5.41, 5.74) is -0.970. The Morgan fingerprint density at radius 3 is 2.53 bits per heavy atom. The predicted octanol–water partition coefficient (Wildman–Crippen LogP) is 5.38. The number of hydrogen-bond acceptors (Lipinski definition) is 4. The molecule has 3 aromatic rings. The molecule has 2 aromatic carbocycles. The van der Waals surface area contributed by atoms with E-state index < -0.39 is 16.9 Å². The van der Waals surface area contributed by atoms with Crippen LogP contribution in [0.2, 0.25) is 0 Å². The van der Waals surface area contributed by atoms with Crippen LogP contribution < -0.4 is 15.4 Å². The third-order valence-electron chi connectivity index (χ3n) is 6.63. The zero-order chi connectivity index (χ0) is 23.9. The molecule has 34 heavy (non-hydrogen) atoms. The second-order valence-corrected chi connectivity index (χ2v) is 9.05. The van der Waals surface area contributed by atoms with Crippen molar-refractivity contribution in [2.45, 2.75) is 42.6 Å². The second-order valence-electron chi connectivity index (χ2n) is 8.61. The fraction of sp³-hybridized carbons (Fsp3) is 0.292. The number of alkyl halides is 3. The summed E-state index contributed by atoms with van der Waals surface area (Å²) < 4.78 is 29.7. The first-order valence-electron chi connectivity index (χ1n) is 10.9. The Kier molecular flexibility index (Phi) is 5.51. The van der Waals surface area contributed by atoms with Crippen molar-refractivity contribution in [3.63, 3.8) is 0 Å². The van der Waals surface area contributed by atoms with Crippen molar-refractivity contribution in [3.8, 4) is 5.75 Å². The summed E-state index contributed by atoms with van der Waals surface area (Å²) in [6, 6.07) is 12.6. The van der Waals surface area contributed by atoms with Gasteiger partial charge in [-0.2, -0.15) is 5.10 Å². The maximum atomic E-state index is 13.0. The fourth-order valence-corrected chi connectivity index (χ4v) is 5.01. The molecule has 0 radical (unpaired) electrons. The number of aromatic nitrogens is 2. The second kappa shape index (κ2) is 8.39. The van der Waals surface area contributed by atoms with E-state index in [1.54, 1.807) is 18.3 Å². The number of nitrogens with one attached hydrogen (secondary N) is 3. The normalized spacial score (nSPS) is 21.7. The molecule has 10 heteroatoms. The molecular formula is C24H21ClF2N4O3. The van der Waals surface area contributed by atoms with Gasteiger partial charge < -0.3 is 15.4 Å². The molecule has 2 heterocycles. The van der Waals surface area contributed by atoms with E-state index in [-0.39, 0.29) is 11.7 Å². The van der Waals surface area contributed by atoms with Crippen molar-refractivity contribution in [1.29, 1.82) is 0 Å². The van der Waals surface area contributed by atoms with Crippen LogP contribution in [0.3, 0.4) is 0 Å². The smallest absolute Gasteiger partial charge is 0.420 e. The number of aromatic amines is 1. The molecule has 0 bridgehead atoms. The average Bonchev–Trinajstić information content (AvgIpc) is 3.42. The standard InChI is InChI=1S/C24H21ClF2N4O3/c25-24(26,27)34-17-4-2-16(3-5-17)29-21(32)15-1-6-18-20(13-15)30-22(33)23(18)10-7-14(8-11-23)19-9-12-28-31-19/h1-6,9,12-14H,7-8,10-11H2,(H,28,31)(H,29,32)(H,30,33). The molecule has 176 valence electrons. The van der Waals surface area contributed by atoms with Crippen LogP contribution in [0.25, 0.3) is 0 Å². The third-order valence-corrected chi connectivity index (χ3v) is 6.70. The number of H-pyrrole nitrogens is 1. The number of hydrogen-bond donors (Lipinski definition) is 3. The molecular weight excluding hydrogens is 466 g/mol. The number of carbonyl (C=O) groups excluding carboxylic acids is 2. The van der Waals surface area contributed by atoms with Crippen molar-refractivity contribution in [2.24, 2.45) is 0 Å². The Morgan fingerprint density at radius 2 is 1.88 bits per heavy atom. The van der Waals surface area contributed by atoms with Gasteiger partial charge in [-0.15, -0.1) is 8.78 Å².